The maximum absolute atomic E-state index is 12.7. The Bertz CT molecular complexity index is 997. The quantitative estimate of drug-likeness (QED) is 0.710. The number of fused-ring (bicyclic) bond motifs is 1. The topological polar surface area (TPSA) is 58.6 Å². The van der Waals surface area contributed by atoms with Gasteiger partial charge in [0.25, 0.3) is 5.91 Å². The molecule has 0 atom stereocenters. The molecule has 0 radical (unpaired) electrons. The summed E-state index contributed by atoms with van der Waals surface area (Å²) in [5.41, 5.74) is 3.61. The molecular formula is C22H20N2O3S. The minimum atomic E-state index is -0.0979. The standard InChI is InChI=1S/C22H20N2O3S/c1-27-18-8-4-15(5-9-18)13-21(25)23-17-7-6-16-10-11-24(19(16)14-17)22(26)20-3-2-12-28-20/h2-9,12,14H,10-11,13H2,1H3,(H,23,25). The minimum Gasteiger partial charge on any atom is -0.497 e. The van der Waals surface area contributed by atoms with E-state index in [2.05, 4.69) is 5.32 Å². The molecule has 0 bridgehead atoms. The molecular weight excluding hydrogens is 372 g/mol. The van der Waals surface area contributed by atoms with Gasteiger partial charge in [-0.1, -0.05) is 24.3 Å². The number of nitrogens with zero attached hydrogens (tertiary/aromatic N) is 1. The molecule has 6 heteroatoms. The highest BCUT2D eigenvalue weighted by atomic mass is 32.1. The van der Waals surface area contributed by atoms with E-state index >= 15 is 0 Å². The van der Waals surface area contributed by atoms with Gasteiger partial charge in [0, 0.05) is 17.9 Å². The molecule has 28 heavy (non-hydrogen) atoms. The zero-order chi connectivity index (χ0) is 19.5. The first-order chi connectivity index (χ1) is 13.6. The average molecular weight is 392 g/mol. The largest absolute Gasteiger partial charge is 0.497 e. The first-order valence-corrected chi connectivity index (χ1v) is 9.93. The molecule has 142 valence electrons. The van der Waals surface area contributed by atoms with Crippen LogP contribution in [0, 0.1) is 0 Å². The highest BCUT2D eigenvalue weighted by Crippen LogP contribution is 2.32. The van der Waals surface area contributed by atoms with Crippen LogP contribution in [0.2, 0.25) is 0 Å². The third kappa shape index (κ3) is 3.77. The molecule has 4 rings (SSSR count). The molecule has 0 saturated carbocycles. The van der Waals surface area contributed by atoms with Crippen LogP contribution in [0.25, 0.3) is 0 Å². The van der Waals surface area contributed by atoms with E-state index in [1.807, 2.05) is 60.0 Å². The van der Waals surface area contributed by atoms with Crippen LogP contribution in [0.3, 0.4) is 0 Å². The SMILES string of the molecule is COc1ccc(CC(=O)Nc2ccc3c(c2)N(C(=O)c2cccs2)CC3)cc1. The molecule has 0 saturated heterocycles. The van der Waals surface area contributed by atoms with Crippen molar-refractivity contribution < 1.29 is 14.3 Å². The van der Waals surface area contributed by atoms with Crippen LogP contribution in [-0.2, 0) is 17.6 Å². The highest BCUT2D eigenvalue weighted by Gasteiger charge is 2.26. The summed E-state index contributed by atoms with van der Waals surface area (Å²) in [6.07, 6.45) is 1.10. The Balaban J connectivity index is 1.47. The fraction of sp³-hybridized carbons (Fsp3) is 0.182. The summed E-state index contributed by atoms with van der Waals surface area (Å²) in [5, 5.41) is 4.84. The van der Waals surface area contributed by atoms with E-state index in [0.717, 1.165) is 33.9 Å². The fourth-order valence-electron chi connectivity index (χ4n) is 3.34. The molecule has 1 aliphatic heterocycles. The Kier molecular flexibility index (Phi) is 5.12. The van der Waals surface area contributed by atoms with Crippen molar-refractivity contribution >= 4 is 34.5 Å². The van der Waals surface area contributed by atoms with Crippen molar-refractivity contribution in [3.63, 3.8) is 0 Å². The summed E-state index contributed by atoms with van der Waals surface area (Å²) in [6, 6.07) is 16.9. The number of methoxy groups -OCH3 is 1. The maximum atomic E-state index is 12.7. The molecule has 1 aliphatic rings. The van der Waals surface area contributed by atoms with E-state index in [-0.39, 0.29) is 18.2 Å². The smallest absolute Gasteiger partial charge is 0.268 e. The first-order valence-electron chi connectivity index (χ1n) is 9.05. The number of carbonyl (C=O) groups is 2. The Morgan fingerprint density at radius 1 is 1.14 bits per heavy atom. The average Bonchev–Trinajstić information content (AvgIpc) is 3.38. The molecule has 3 aromatic rings. The monoisotopic (exact) mass is 392 g/mol. The first kappa shape index (κ1) is 18.3. The minimum absolute atomic E-state index is 0.00968. The molecule has 1 N–H and O–H groups in total. The van der Waals surface area contributed by atoms with Gasteiger partial charge in [-0.3, -0.25) is 9.59 Å². The van der Waals surface area contributed by atoms with Crippen LogP contribution in [0.5, 0.6) is 5.75 Å². The lowest BCUT2D eigenvalue weighted by molar-refractivity contribution is -0.115. The molecule has 1 aromatic heterocycles. The van der Waals surface area contributed by atoms with Gasteiger partial charge in [0.2, 0.25) is 5.91 Å². The molecule has 0 fully saturated rings. The van der Waals surface area contributed by atoms with Gasteiger partial charge in [0.05, 0.1) is 18.4 Å². The molecule has 0 aliphatic carbocycles. The van der Waals surface area contributed by atoms with Crippen LogP contribution in [0.1, 0.15) is 20.8 Å². The molecule has 2 heterocycles. The van der Waals surface area contributed by atoms with Crippen LogP contribution in [0.15, 0.2) is 60.0 Å². The normalized spacial score (nSPS) is 12.5. The van der Waals surface area contributed by atoms with E-state index in [1.54, 1.807) is 12.0 Å². The lowest BCUT2D eigenvalue weighted by Gasteiger charge is -2.17. The summed E-state index contributed by atoms with van der Waals surface area (Å²) in [4.78, 5) is 27.7. The highest BCUT2D eigenvalue weighted by molar-refractivity contribution is 7.12. The number of ether oxygens (including phenoxy) is 1. The lowest BCUT2D eigenvalue weighted by atomic mass is 10.1. The number of nitrogens with one attached hydrogen (secondary N) is 1. The number of benzene rings is 2. The number of hydrogen-bond donors (Lipinski definition) is 1. The van der Waals surface area contributed by atoms with Crippen molar-refractivity contribution in [1.82, 2.24) is 0 Å². The third-order valence-electron chi connectivity index (χ3n) is 4.77. The summed E-state index contributed by atoms with van der Waals surface area (Å²) in [6.45, 7) is 0.662. The number of rotatable bonds is 5. The van der Waals surface area contributed by atoms with Crippen LogP contribution in [0.4, 0.5) is 11.4 Å². The van der Waals surface area contributed by atoms with Crippen molar-refractivity contribution in [1.29, 1.82) is 0 Å². The summed E-state index contributed by atoms with van der Waals surface area (Å²) < 4.78 is 5.14. The van der Waals surface area contributed by atoms with Gasteiger partial charge in [0.1, 0.15) is 5.75 Å². The van der Waals surface area contributed by atoms with E-state index in [9.17, 15) is 9.59 Å². The predicted molar refractivity (Wildman–Crippen MR) is 111 cm³/mol. The van der Waals surface area contributed by atoms with Crippen molar-refractivity contribution in [2.45, 2.75) is 12.8 Å². The number of anilines is 2. The number of carbonyl (C=O) groups excluding carboxylic acids is 2. The second-order valence-electron chi connectivity index (χ2n) is 6.60. The lowest BCUT2D eigenvalue weighted by Crippen LogP contribution is -2.28. The van der Waals surface area contributed by atoms with Crippen molar-refractivity contribution in [2.24, 2.45) is 0 Å². The maximum Gasteiger partial charge on any atom is 0.268 e. The van der Waals surface area contributed by atoms with Gasteiger partial charge < -0.3 is 15.0 Å². The van der Waals surface area contributed by atoms with Gasteiger partial charge in [-0.2, -0.15) is 0 Å². The van der Waals surface area contributed by atoms with E-state index in [0.29, 0.717) is 12.2 Å². The summed E-state index contributed by atoms with van der Waals surface area (Å²) >= 11 is 1.44. The van der Waals surface area contributed by atoms with Gasteiger partial charge >= 0.3 is 0 Å². The Labute approximate surface area is 167 Å². The van der Waals surface area contributed by atoms with Gasteiger partial charge in [-0.15, -0.1) is 11.3 Å². The van der Waals surface area contributed by atoms with Crippen molar-refractivity contribution in [3.05, 3.63) is 76.0 Å². The zero-order valence-electron chi connectivity index (χ0n) is 15.5. The van der Waals surface area contributed by atoms with Gasteiger partial charge in [0.15, 0.2) is 0 Å². The predicted octanol–water partition coefficient (Wildman–Crippen LogP) is 4.14. The third-order valence-corrected chi connectivity index (χ3v) is 5.62. The molecule has 0 unspecified atom stereocenters. The van der Waals surface area contributed by atoms with Crippen molar-refractivity contribution in [2.75, 3.05) is 23.9 Å². The molecule has 0 spiro atoms. The van der Waals surface area contributed by atoms with Gasteiger partial charge in [-0.25, -0.2) is 0 Å². The Morgan fingerprint density at radius 3 is 2.68 bits per heavy atom. The van der Waals surface area contributed by atoms with Crippen molar-refractivity contribution in [3.8, 4) is 5.75 Å². The van der Waals surface area contributed by atoms with E-state index in [4.69, 9.17) is 4.74 Å². The van der Waals surface area contributed by atoms with Gasteiger partial charge in [-0.05, 0) is 53.3 Å². The Hall–Kier alpha value is -3.12. The second-order valence-corrected chi connectivity index (χ2v) is 7.55. The van der Waals surface area contributed by atoms with E-state index in [1.165, 1.54) is 11.3 Å². The van der Waals surface area contributed by atoms with Crippen LogP contribution < -0.4 is 15.0 Å². The second kappa shape index (κ2) is 7.86. The molecule has 2 aromatic carbocycles. The number of hydrogen-bond acceptors (Lipinski definition) is 4. The van der Waals surface area contributed by atoms with Crippen LogP contribution >= 0.6 is 11.3 Å². The fourth-order valence-corrected chi connectivity index (χ4v) is 4.01. The van der Waals surface area contributed by atoms with Crippen LogP contribution in [-0.4, -0.2) is 25.5 Å². The number of thiophene rings is 1. The van der Waals surface area contributed by atoms with E-state index < -0.39 is 0 Å². The number of amides is 2. The zero-order valence-corrected chi connectivity index (χ0v) is 16.3. The summed E-state index contributed by atoms with van der Waals surface area (Å²) in [7, 11) is 1.61. The summed E-state index contributed by atoms with van der Waals surface area (Å²) in [5.74, 6) is 0.674. The molecule has 2 amide bonds. The molecule has 5 nitrogen and oxygen atoms in total. The Morgan fingerprint density at radius 2 is 1.96 bits per heavy atom.